The first-order valence-electron chi connectivity index (χ1n) is 11.8. The number of nitrogens with zero attached hydrogens (tertiary/aromatic N) is 2. The van der Waals surface area contributed by atoms with Crippen LogP contribution >= 0.6 is 11.6 Å². The highest BCUT2D eigenvalue weighted by Gasteiger charge is 2.45. The molecule has 33 heavy (non-hydrogen) atoms. The zero-order chi connectivity index (χ0) is 22.7. The molecule has 0 radical (unpaired) electrons. The Morgan fingerprint density at radius 2 is 1.79 bits per heavy atom. The van der Waals surface area contributed by atoms with Crippen LogP contribution in [0.1, 0.15) is 42.9 Å². The second kappa shape index (κ2) is 9.66. The summed E-state index contributed by atoms with van der Waals surface area (Å²) in [6, 6.07) is 24.2. The number of hydrogen-bond acceptors (Lipinski definition) is 3. The van der Waals surface area contributed by atoms with Crippen molar-refractivity contribution in [3.05, 3.63) is 89.1 Å². The molecule has 5 rings (SSSR count). The molecule has 2 fully saturated rings. The van der Waals surface area contributed by atoms with Gasteiger partial charge in [-0.1, -0.05) is 60.1 Å². The van der Waals surface area contributed by atoms with E-state index in [-0.39, 0.29) is 11.8 Å². The lowest BCUT2D eigenvalue weighted by atomic mass is 9.72. The third-order valence-electron chi connectivity index (χ3n) is 7.10. The van der Waals surface area contributed by atoms with Crippen molar-refractivity contribution in [1.82, 2.24) is 9.88 Å². The van der Waals surface area contributed by atoms with Gasteiger partial charge in [-0.15, -0.1) is 0 Å². The normalized spacial score (nSPS) is 20.4. The molecule has 5 heteroatoms. The van der Waals surface area contributed by atoms with Gasteiger partial charge in [-0.25, -0.2) is 0 Å². The van der Waals surface area contributed by atoms with Crippen molar-refractivity contribution in [2.75, 3.05) is 26.3 Å². The largest absolute Gasteiger partial charge is 0.381 e. The maximum absolute atomic E-state index is 14.0. The first-order valence-corrected chi connectivity index (χ1v) is 12.2. The van der Waals surface area contributed by atoms with Gasteiger partial charge >= 0.3 is 0 Å². The molecular weight excluding hydrogens is 432 g/mol. The van der Waals surface area contributed by atoms with Crippen molar-refractivity contribution in [3.63, 3.8) is 0 Å². The smallest absolute Gasteiger partial charge is 0.233 e. The number of halogens is 1. The number of piperidine rings is 1. The zero-order valence-corrected chi connectivity index (χ0v) is 19.5. The van der Waals surface area contributed by atoms with Gasteiger partial charge in [0.2, 0.25) is 5.91 Å². The van der Waals surface area contributed by atoms with Crippen molar-refractivity contribution in [3.8, 4) is 11.3 Å². The fourth-order valence-electron chi connectivity index (χ4n) is 5.30. The van der Waals surface area contributed by atoms with Gasteiger partial charge in [0.25, 0.3) is 0 Å². The molecule has 170 valence electrons. The Labute approximate surface area is 200 Å². The van der Waals surface area contributed by atoms with Gasteiger partial charge in [-0.05, 0) is 55.5 Å². The van der Waals surface area contributed by atoms with Crippen LogP contribution in [0.15, 0.2) is 72.8 Å². The van der Waals surface area contributed by atoms with Crippen molar-refractivity contribution < 1.29 is 9.53 Å². The highest BCUT2D eigenvalue weighted by atomic mass is 35.5. The number of aromatic nitrogens is 1. The van der Waals surface area contributed by atoms with Gasteiger partial charge in [0.15, 0.2) is 0 Å². The molecule has 0 spiro atoms. The number of carbonyl (C=O) groups excluding carboxylic acids is 1. The molecule has 3 heterocycles. The average molecular weight is 461 g/mol. The summed E-state index contributed by atoms with van der Waals surface area (Å²) in [6.45, 7) is 2.77. The number of pyridine rings is 1. The molecule has 0 aliphatic carbocycles. The van der Waals surface area contributed by atoms with Crippen LogP contribution in [-0.4, -0.2) is 42.1 Å². The third kappa shape index (κ3) is 4.55. The number of hydrogen-bond donors (Lipinski definition) is 0. The summed E-state index contributed by atoms with van der Waals surface area (Å²) in [5, 5.41) is 0.705. The molecule has 3 aromatic rings. The number of ether oxygens (including phenoxy) is 1. The molecular formula is C28H29ClN2O2. The van der Waals surface area contributed by atoms with Gasteiger partial charge in [0.05, 0.1) is 11.1 Å². The first kappa shape index (κ1) is 22.1. The Balaban J connectivity index is 1.40. The predicted octanol–water partition coefficient (Wildman–Crippen LogP) is 5.86. The van der Waals surface area contributed by atoms with E-state index in [1.807, 2.05) is 48.5 Å². The van der Waals surface area contributed by atoms with Crippen LogP contribution in [0.5, 0.6) is 0 Å². The summed E-state index contributed by atoms with van der Waals surface area (Å²) in [5.41, 5.74) is 3.60. The molecule has 1 aromatic heterocycles. The van der Waals surface area contributed by atoms with E-state index in [2.05, 4.69) is 29.2 Å². The lowest BCUT2D eigenvalue weighted by Crippen LogP contribution is -2.52. The van der Waals surface area contributed by atoms with E-state index in [1.165, 1.54) is 0 Å². The van der Waals surface area contributed by atoms with Gasteiger partial charge in [-0.2, -0.15) is 0 Å². The van der Waals surface area contributed by atoms with Crippen molar-refractivity contribution in [2.45, 2.75) is 37.0 Å². The van der Waals surface area contributed by atoms with Gasteiger partial charge in [0.1, 0.15) is 0 Å². The third-order valence-corrected chi connectivity index (χ3v) is 7.34. The fourth-order valence-corrected chi connectivity index (χ4v) is 5.49. The monoisotopic (exact) mass is 460 g/mol. The molecule has 2 aromatic carbocycles. The number of amides is 1. The second-order valence-electron chi connectivity index (χ2n) is 9.11. The highest BCUT2D eigenvalue weighted by molar-refractivity contribution is 6.30. The summed E-state index contributed by atoms with van der Waals surface area (Å²) in [4.78, 5) is 21.1. The van der Waals surface area contributed by atoms with E-state index in [9.17, 15) is 4.79 Å². The van der Waals surface area contributed by atoms with E-state index in [0.717, 1.165) is 54.7 Å². The van der Waals surface area contributed by atoms with Crippen molar-refractivity contribution in [1.29, 1.82) is 0 Å². The van der Waals surface area contributed by atoms with Crippen LogP contribution in [0.3, 0.4) is 0 Å². The quantitative estimate of drug-likeness (QED) is 0.490. The van der Waals surface area contributed by atoms with Crippen LogP contribution in [0, 0.1) is 0 Å². The summed E-state index contributed by atoms with van der Waals surface area (Å²) in [7, 11) is 0. The minimum absolute atomic E-state index is 0.231. The second-order valence-corrected chi connectivity index (χ2v) is 9.55. The summed E-state index contributed by atoms with van der Waals surface area (Å²) in [5.74, 6) is 0.474. The molecule has 1 amide bonds. The Bertz CT molecular complexity index is 1110. The molecule has 1 unspecified atom stereocenters. The maximum Gasteiger partial charge on any atom is 0.233 e. The Kier molecular flexibility index (Phi) is 6.48. The van der Waals surface area contributed by atoms with Crippen LogP contribution in [0.25, 0.3) is 11.3 Å². The van der Waals surface area contributed by atoms with E-state index in [4.69, 9.17) is 21.3 Å². The van der Waals surface area contributed by atoms with Gasteiger partial charge in [0, 0.05) is 48.5 Å². The predicted molar refractivity (Wildman–Crippen MR) is 131 cm³/mol. The first-order chi connectivity index (χ1) is 16.2. The topological polar surface area (TPSA) is 42.4 Å². The minimum Gasteiger partial charge on any atom is -0.381 e. The van der Waals surface area contributed by atoms with Crippen molar-refractivity contribution in [2.24, 2.45) is 0 Å². The molecule has 2 saturated heterocycles. The Hall–Kier alpha value is -2.69. The lowest BCUT2D eigenvalue weighted by Gasteiger charge is -2.42. The summed E-state index contributed by atoms with van der Waals surface area (Å²) >= 11 is 6.19. The zero-order valence-electron chi connectivity index (χ0n) is 18.8. The number of likely N-dealkylation sites (tertiary alicyclic amines) is 1. The number of benzene rings is 2. The van der Waals surface area contributed by atoms with Crippen molar-refractivity contribution >= 4 is 17.5 Å². The van der Waals surface area contributed by atoms with E-state index < -0.39 is 5.41 Å². The lowest BCUT2D eigenvalue weighted by molar-refractivity contribution is -0.142. The summed E-state index contributed by atoms with van der Waals surface area (Å²) < 4.78 is 5.65. The van der Waals surface area contributed by atoms with Crippen LogP contribution in [0.4, 0.5) is 0 Å². The van der Waals surface area contributed by atoms with Gasteiger partial charge < -0.3 is 9.64 Å². The highest BCUT2D eigenvalue weighted by Crippen LogP contribution is 2.38. The molecule has 2 aliphatic rings. The van der Waals surface area contributed by atoms with Crippen LogP contribution in [-0.2, 0) is 14.9 Å². The minimum atomic E-state index is -0.489. The van der Waals surface area contributed by atoms with Gasteiger partial charge in [-0.3, -0.25) is 9.78 Å². The van der Waals surface area contributed by atoms with E-state index in [1.54, 1.807) is 0 Å². The Morgan fingerprint density at radius 3 is 2.58 bits per heavy atom. The molecule has 1 atom stereocenters. The molecule has 0 saturated carbocycles. The molecule has 0 bridgehead atoms. The molecule has 4 nitrogen and oxygen atoms in total. The van der Waals surface area contributed by atoms with E-state index >= 15 is 0 Å². The maximum atomic E-state index is 14.0. The van der Waals surface area contributed by atoms with Crippen LogP contribution < -0.4 is 0 Å². The number of rotatable bonds is 4. The number of carbonyl (C=O) groups is 1. The van der Waals surface area contributed by atoms with Crippen LogP contribution in [0.2, 0.25) is 5.02 Å². The molecule has 2 aliphatic heterocycles. The average Bonchev–Trinajstić information content (AvgIpc) is 2.89. The summed E-state index contributed by atoms with van der Waals surface area (Å²) in [6.07, 6.45) is 3.50. The Morgan fingerprint density at radius 1 is 1.00 bits per heavy atom. The SMILES string of the molecule is O=C(N1CCCC(c2cccc(-c3cccc(Cl)c3)n2)C1)C1(c2ccccc2)CCOCC1. The molecule has 0 N–H and O–H groups in total. The van der Waals surface area contributed by atoms with E-state index in [0.29, 0.717) is 24.8 Å². The standard InChI is InChI=1S/C28H29ClN2O2/c29-24-11-4-7-21(19-24)25-12-5-13-26(30-25)22-8-6-16-31(20-22)27(32)28(14-17-33-18-15-28)23-9-2-1-3-10-23/h1-5,7,9-13,19,22H,6,8,14-18,20H2. The fraction of sp³-hybridized carbons (Fsp3) is 0.357.